The second-order valence-electron chi connectivity index (χ2n) is 3.77. The second kappa shape index (κ2) is 7.09. The third kappa shape index (κ3) is 3.23. The lowest BCUT2D eigenvalue weighted by Gasteiger charge is -2.17. The summed E-state index contributed by atoms with van der Waals surface area (Å²) in [5.41, 5.74) is 0.702. The fourth-order valence-corrected chi connectivity index (χ4v) is 2.03. The first kappa shape index (κ1) is 15.4. The van der Waals surface area contributed by atoms with Crippen LogP contribution in [0.2, 0.25) is 0 Å². The van der Waals surface area contributed by atoms with Crippen LogP contribution in [-0.2, 0) is 6.42 Å². The van der Waals surface area contributed by atoms with Gasteiger partial charge in [-0.1, -0.05) is 0 Å². The van der Waals surface area contributed by atoms with Gasteiger partial charge in [-0.2, -0.15) is 0 Å². The Morgan fingerprint density at radius 3 is 2.26 bits per heavy atom. The minimum absolute atomic E-state index is 0.139. The van der Waals surface area contributed by atoms with Gasteiger partial charge in [0, 0.05) is 11.4 Å². The van der Waals surface area contributed by atoms with Crippen LogP contribution in [0, 0.1) is 0 Å². The van der Waals surface area contributed by atoms with E-state index in [2.05, 4.69) is 0 Å². The number of alkyl halides is 1. The van der Waals surface area contributed by atoms with Crippen molar-refractivity contribution >= 4 is 17.6 Å². The number of methoxy groups -OCH3 is 3. The van der Waals surface area contributed by atoms with Crippen molar-refractivity contribution in [2.45, 2.75) is 12.8 Å². The summed E-state index contributed by atoms with van der Waals surface area (Å²) in [7, 11) is 4.39. The van der Waals surface area contributed by atoms with Gasteiger partial charge in [0.2, 0.25) is 5.75 Å². The Kier molecular flexibility index (Phi) is 5.76. The predicted octanol–water partition coefficient (Wildman–Crippen LogP) is 2.58. The monoisotopic (exact) mass is 288 g/mol. The van der Waals surface area contributed by atoms with Crippen molar-refractivity contribution in [1.29, 1.82) is 0 Å². The fourth-order valence-electron chi connectivity index (χ4n) is 1.90. The number of carboxylic acid groups (broad SMARTS) is 1. The Balaban J connectivity index is 3.49. The first-order valence-electron chi connectivity index (χ1n) is 5.71. The van der Waals surface area contributed by atoms with Crippen molar-refractivity contribution in [1.82, 2.24) is 0 Å². The van der Waals surface area contributed by atoms with Crippen molar-refractivity contribution < 1.29 is 24.1 Å². The van der Waals surface area contributed by atoms with Gasteiger partial charge in [-0.05, 0) is 18.9 Å². The van der Waals surface area contributed by atoms with Crippen LogP contribution in [0.5, 0.6) is 17.2 Å². The van der Waals surface area contributed by atoms with Gasteiger partial charge in [-0.3, -0.25) is 0 Å². The number of carbonyl (C=O) groups is 1. The molecular formula is C13H17ClO5. The first-order chi connectivity index (χ1) is 9.10. The normalized spacial score (nSPS) is 10.1. The van der Waals surface area contributed by atoms with Crippen molar-refractivity contribution in [3.8, 4) is 17.2 Å². The number of rotatable bonds is 7. The molecule has 0 bridgehead atoms. The Bertz CT molecular complexity index is 459. The van der Waals surface area contributed by atoms with Gasteiger partial charge < -0.3 is 19.3 Å². The Morgan fingerprint density at radius 2 is 1.84 bits per heavy atom. The average molecular weight is 289 g/mol. The minimum atomic E-state index is -1.04. The molecule has 0 saturated carbocycles. The summed E-state index contributed by atoms with van der Waals surface area (Å²) in [5, 5.41) is 9.28. The highest BCUT2D eigenvalue weighted by molar-refractivity contribution is 6.17. The van der Waals surface area contributed by atoms with E-state index in [4.69, 9.17) is 25.8 Å². The summed E-state index contributed by atoms with van der Waals surface area (Å²) in [6.07, 6.45) is 1.14. The molecule has 1 rings (SSSR count). The molecule has 0 spiro atoms. The molecule has 0 fully saturated rings. The van der Waals surface area contributed by atoms with Gasteiger partial charge >= 0.3 is 5.97 Å². The van der Waals surface area contributed by atoms with E-state index < -0.39 is 5.97 Å². The molecule has 0 aliphatic heterocycles. The summed E-state index contributed by atoms with van der Waals surface area (Å²) in [6.45, 7) is 0. The lowest BCUT2D eigenvalue weighted by Crippen LogP contribution is -2.08. The van der Waals surface area contributed by atoms with E-state index in [0.717, 1.165) is 0 Å². The van der Waals surface area contributed by atoms with E-state index in [-0.39, 0.29) is 5.56 Å². The van der Waals surface area contributed by atoms with Crippen LogP contribution >= 0.6 is 11.6 Å². The molecule has 6 heteroatoms. The number of halogens is 1. The SMILES string of the molecule is COc1cc(C(=O)O)c(CCCCl)c(OC)c1OC. The topological polar surface area (TPSA) is 65.0 Å². The zero-order valence-corrected chi connectivity index (χ0v) is 11.9. The predicted molar refractivity (Wildman–Crippen MR) is 72.1 cm³/mol. The van der Waals surface area contributed by atoms with Crippen LogP contribution in [0.15, 0.2) is 6.07 Å². The molecule has 0 atom stereocenters. The van der Waals surface area contributed by atoms with Crippen LogP contribution in [0.25, 0.3) is 0 Å². The number of carboxylic acids is 1. The van der Waals surface area contributed by atoms with Crippen LogP contribution in [0.3, 0.4) is 0 Å². The van der Waals surface area contributed by atoms with Crippen LogP contribution in [-0.4, -0.2) is 38.3 Å². The Labute approximate surface area is 117 Å². The van der Waals surface area contributed by atoms with Crippen molar-refractivity contribution in [2.24, 2.45) is 0 Å². The lowest BCUT2D eigenvalue weighted by atomic mass is 10.0. The zero-order chi connectivity index (χ0) is 14.4. The average Bonchev–Trinajstić information content (AvgIpc) is 2.42. The molecule has 0 aromatic heterocycles. The van der Waals surface area contributed by atoms with Gasteiger partial charge in [0.25, 0.3) is 0 Å². The van der Waals surface area contributed by atoms with E-state index in [1.165, 1.54) is 27.4 Å². The van der Waals surface area contributed by atoms with Crippen LogP contribution < -0.4 is 14.2 Å². The van der Waals surface area contributed by atoms with Gasteiger partial charge in [-0.15, -0.1) is 11.6 Å². The fraction of sp³-hybridized carbons (Fsp3) is 0.462. The number of hydrogen-bond acceptors (Lipinski definition) is 4. The van der Waals surface area contributed by atoms with Gasteiger partial charge in [-0.25, -0.2) is 4.79 Å². The van der Waals surface area contributed by atoms with Crippen molar-refractivity contribution in [3.63, 3.8) is 0 Å². The molecule has 0 heterocycles. The highest BCUT2D eigenvalue weighted by Crippen LogP contribution is 2.42. The molecule has 0 amide bonds. The molecule has 0 radical (unpaired) electrons. The summed E-state index contributed by atoms with van der Waals surface area (Å²) < 4.78 is 15.7. The lowest BCUT2D eigenvalue weighted by molar-refractivity contribution is 0.0694. The molecule has 1 N–H and O–H groups in total. The first-order valence-corrected chi connectivity index (χ1v) is 6.25. The molecule has 5 nitrogen and oxygen atoms in total. The maximum absolute atomic E-state index is 11.3. The van der Waals surface area contributed by atoms with Gasteiger partial charge in [0.1, 0.15) is 0 Å². The second-order valence-corrected chi connectivity index (χ2v) is 4.15. The number of hydrogen-bond donors (Lipinski definition) is 1. The molecule has 19 heavy (non-hydrogen) atoms. The number of benzene rings is 1. The molecule has 1 aromatic carbocycles. The largest absolute Gasteiger partial charge is 0.493 e. The highest BCUT2D eigenvalue weighted by Gasteiger charge is 2.23. The van der Waals surface area contributed by atoms with E-state index in [1.54, 1.807) is 0 Å². The zero-order valence-electron chi connectivity index (χ0n) is 11.2. The molecule has 1 aromatic rings. The van der Waals surface area contributed by atoms with E-state index in [9.17, 15) is 9.90 Å². The van der Waals surface area contributed by atoms with E-state index >= 15 is 0 Å². The van der Waals surface area contributed by atoms with Gasteiger partial charge in [0.05, 0.1) is 26.9 Å². The maximum Gasteiger partial charge on any atom is 0.336 e. The summed E-state index contributed by atoms with van der Waals surface area (Å²) >= 11 is 5.67. The molecule has 106 valence electrons. The summed E-state index contributed by atoms with van der Waals surface area (Å²) in [5.74, 6) is 0.496. The van der Waals surface area contributed by atoms with Crippen molar-refractivity contribution in [2.75, 3.05) is 27.2 Å². The minimum Gasteiger partial charge on any atom is -0.493 e. The molecule has 0 unspecified atom stereocenters. The van der Waals surface area contributed by atoms with Crippen LogP contribution in [0.4, 0.5) is 0 Å². The smallest absolute Gasteiger partial charge is 0.336 e. The summed E-state index contributed by atoms with van der Waals surface area (Å²) in [6, 6.07) is 1.44. The molecule has 0 aliphatic carbocycles. The number of ether oxygens (including phenoxy) is 3. The Hall–Kier alpha value is -1.62. The Morgan fingerprint density at radius 1 is 1.21 bits per heavy atom. The molecular weight excluding hydrogens is 272 g/mol. The standard InChI is InChI=1S/C13H17ClO5/c1-17-10-7-9(13(15)16)8(5-4-6-14)11(18-2)12(10)19-3/h7H,4-6H2,1-3H3,(H,15,16). The maximum atomic E-state index is 11.3. The van der Waals surface area contributed by atoms with E-state index in [1.807, 2.05) is 0 Å². The van der Waals surface area contributed by atoms with Gasteiger partial charge in [0.15, 0.2) is 11.5 Å². The van der Waals surface area contributed by atoms with E-state index in [0.29, 0.717) is 41.5 Å². The highest BCUT2D eigenvalue weighted by atomic mass is 35.5. The van der Waals surface area contributed by atoms with Crippen molar-refractivity contribution in [3.05, 3.63) is 17.2 Å². The number of aromatic carboxylic acids is 1. The molecule has 0 saturated heterocycles. The quantitative estimate of drug-likeness (QED) is 0.781. The third-order valence-corrected chi connectivity index (χ3v) is 2.99. The van der Waals surface area contributed by atoms with Crippen LogP contribution in [0.1, 0.15) is 22.3 Å². The summed E-state index contributed by atoms with van der Waals surface area (Å²) in [4.78, 5) is 11.3. The third-order valence-electron chi connectivity index (χ3n) is 2.72. The molecule has 0 aliphatic rings.